The van der Waals surface area contributed by atoms with Crippen LogP contribution in [0.5, 0.6) is 5.75 Å². The largest absolute Gasteiger partial charge is 0.497 e. The Balaban J connectivity index is 1.75. The molecular weight excluding hydrogens is 396 g/mol. The highest BCUT2D eigenvalue weighted by atomic mass is 35.5. The van der Waals surface area contributed by atoms with Gasteiger partial charge in [0.1, 0.15) is 5.75 Å². The molecule has 2 aromatic carbocycles. The van der Waals surface area contributed by atoms with Gasteiger partial charge in [-0.2, -0.15) is 4.80 Å². The topological polar surface area (TPSA) is 114 Å². The molecule has 3 rings (SSSR count). The summed E-state index contributed by atoms with van der Waals surface area (Å²) in [5.74, 6) is 1.09. The maximum Gasteiger partial charge on any atom is 0.319 e. The molecule has 2 amide bonds. The van der Waals surface area contributed by atoms with E-state index in [0.29, 0.717) is 23.0 Å². The average Bonchev–Trinajstić information content (AvgIpc) is 3.19. The number of aliphatic hydroxyl groups is 1. The Kier molecular flexibility index (Phi) is 6.99. The molecule has 9 nitrogen and oxygen atoms in total. The Labute approximate surface area is 172 Å². The first-order valence-electron chi connectivity index (χ1n) is 8.92. The minimum Gasteiger partial charge on any atom is -0.497 e. The number of tetrazole rings is 1. The van der Waals surface area contributed by atoms with E-state index in [1.54, 1.807) is 31.4 Å². The first-order valence-corrected chi connectivity index (χ1v) is 9.29. The van der Waals surface area contributed by atoms with Gasteiger partial charge >= 0.3 is 6.03 Å². The van der Waals surface area contributed by atoms with E-state index in [1.165, 1.54) is 4.80 Å². The number of anilines is 1. The monoisotopic (exact) mass is 416 g/mol. The molecule has 3 N–H and O–H groups in total. The van der Waals surface area contributed by atoms with Gasteiger partial charge in [-0.25, -0.2) is 4.79 Å². The zero-order chi connectivity index (χ0) is 20.6. The molecule has 29 heavy (non-hydrogen) atoms. The van der Waals surface area contributed by atoms with Crippen molar-refractivity contribution in [3.05, 3.63) is 64.9 Å². The number of methoxy groups -OCH3 is 1. The van der Waals surface area contributed by atoms with Gasteiger partial charge in [-0.3, -0.25) is 0 Å². The number of aromatic nitrogens is 4. The molecule has 3 aromatic rings. The summed E-state index contributed by atoms with van der Waals surface area (Å²) in [7, 11) is 1.60. The highest BCUT2D eigenvalue weighted by Crippen LogP contribution is 2.19. The van der Waals surface area contributed by atoms with Gasteiger partial charge in [0.05, 0.1) is 26.3 Å². The first kappa shape index (κ1) is 20.6. The standard InChI is InChI=1S/C19H21ClN6O3/c1-29-16-8-2-13(3-9-16)12-17(18-23-25-26(24-18)10-11-27)22-19(28)21-15-6-4-14(20)5-7-15/h2-9,17,27H,10-12H2,1H3,(H2,21,22,28). The predicted octanol–water partition coefficient (Wildman–Crippen LogP) is 2.43. The van der Waals surface area contributed by atoms with Crippen molar-refractivity contribution >= 4 is 23.3 Å². The fourth-order valence-electron chi connectivity index (χ4n) is 2.64. The van der Waals surface area contributed by atoms with Crippen LogP contribution in [-0.4, -0.2) is 45.1 Å². The fraction of sp³-hybridized carbons (Fsp3) is 0.263. The van der Waals surface area contributed by atoms with Gasteiger partial charge in [0.25, 0.3) is 0 Å². The maximum atomic E-state index is 12.5. The smallest absolute Gasteiger partial charge is 0.319 e. The summed E-state index contributed by atoms with van der Waals surface area (Å²) in [5, 5.41) is 27.4. The van der Waals surface area contributed by atoms with Crippen LogP contribution in [0.25, 0.3) is 0 Å². The quantitative estimate of drug-likeness (QED) is 0.519. The number of carbonyl (C=O) groups excluding carboxylic acids is 1. The molecule has 10 heteroatoms. The van der Waals surface area contributed by atoms with Gasteiger partial charge in [0.15, 0.2) is 5.82 Å². The summed E-state index contributed by atoms with van der Waals surface area (Å²) in [6.45, 7) is 0.114. The third-order valence-corrected chi connectivity index (χ3v) is 4.34. The molecule has 0 saturated heterocycles. The van der Waals surface area contributed by atoms with Crippen LogP contribution < -0.4 is 15.4 Å². The summed E-state index contributed by atoms with van der Waals surface area (Å²) < 4.78 is 5.18. The molecule has 0 spiro atoms. The molecule has 0 radical (unpaired) electrons. The lowest BCUT2D eigenvalue weighted by Crippen LogP contribution is -2.34. The SMILES string of the molecule is COc1ccc(CC(NC(=O)Nc2ccc(Cl)cc2)c2nnn(CCO)n2)cc1. The van der Waals surface area contributed by atoms with Crippen molar-refractivity contribution in [2.24, 2.45) is 0 Å². The highest BCUT2D eigenvalue weighted by Gasteiger charge is 2.21. The van der Waals surface area contributed by atoms with E-state index in [2.05, 4.69) is 26.0 Å². The number of amides is 2. The Bertz CT molecular complexity index is 930. The van der Waals surface area contributed by atoms with Crippen molar-refractivity contribution in [2.75, 3.05) is 19.0 Å². The molecule has 0 saturated carbocycles. The van der Waals surface area contributed by atoms with E-state index in [9.17, 15) is 4.79 Å². The summed E-state index contributed by atoms with van der Waals surface area (Å²) in [5.41, 5.74) is 1.56. The molecule has 0 aliphatic rings. The van der Waals surface area contributed by atoms with Gasteiger partial charge < -0.3 is 20.5 Å². The molecule has 1 heterocycles. The number of hydrogen-bond donors (Lipinski definition) is 3. The molecule has 1 unspecified atom stereocenters. The zero-order valence-corrected chi connectivity index (χ0v) is 16.5. The minimum absolute atomic E-state index is 0.108. The Hall–Kier alpha value is -3.17. The molecule has 1 atom stereocenters. The van der Waals surface area contributed by atoms with E-state index < -0.39 is 12.1 Å². The highest BCUT2D eigenvalue weighted by molar-refractivity contribution is 6.30. The number of carbonyl (C=O) groups is 1. The van der Waals surface area contributed by atoms with Crippen LogP contribution in [0.3, 0.4) is 0 Å². The van der Waals surface area contributed by atoms with Crippen molar-refractivity contribution in [3.8, 4) is 5.75 Å². The number of nitrogens with one attached hydrogen (secondary N) is 2. The Morgan fingerprint density at radius 2 is 1.93 bits per heavy atom. The van der Waals surface area contributed by atoms with E-state index in [-0.39, 0.29) is 13.2 Å². The van der Waals surface area contributed by atoms with Crippen LogP contribution in [0.15, 0.2) is 48.5 Å². The number of hydrogen-bond acceptors (Lipinski definition) is 6. The molecule has 152 valence electrons. The summed E-state index contributed by atoms with van der Waals surface area (Å²) in [6, 6.07) is 13.3. The number of nitrogens with zero attached hydrogens (tertiary/aromatic N) is 4. The number of aliphatic hydroxyl groups excluding tert-OH is 1. The van der Waals surface area contributed by atoms with Gasteiger partial charge in [-0.1, -0.05) is 23.7 Å². The zero-order valence-electron chi connectivity index (χ0n) is 15.7. The van der Waals surface area contributed by atoms with E-state index in [0.717, 1.165) is 11.3 Å². The number of halogens is 1. The van der Waals surface area contributed by atoms with Crippen LogP contribution in [0.1, 0.15) is 17.4 Å². The lowest BCUT2D eigenvalue weighted by molar-refractivity contribution is 0.247. The van der Waals surface area contributed by atoms with Crippen molar-refractivity contribution in [2.45, 2.75) is 19.0 Å². The van der Waals surface area contributed by atoms with Crippen LogP contribution in [0.2, 0.25) is 5.02 Å². The van der Waals surface area contributed by atoms with Crippen molar-refractivity contribution < 1.29 is 14.6 Å². The fourth-order valence-corrected chi connectivity index (χ4v) is 2.77. The minimum atomic E-state index is -0.525. The predicted molar refractivity (Wildman–Crippen MR) is 108 cm³/mol. The molecular formula is C19H21ClN6O3. The first-order chi connectivity index (χ1) is 14.1. The number of rotatable bonds is 8. The second-order valence-electron chi connectivity index (χ2n) is 6.18. The van der Waals surface area contributed by atoms with Crippen LogP contribution in [0.4, 0.5) is 10.5 Å². The lowest BCUT2D eigenvalue weighted by atomic mass is 10.1. The molecule has 0 bridgehead atoms. The average molecular weight is 417 g/mol. The lowest BCUT2D eigenvalue weighted by Gasteiger charge is -2.16. The number of benzene rings is 2. The molecule has 1 aromatic heterocycles. The van der Waals surface area contributed by atoms with Crippen LogP contribution >= 0.6 is 11.6 Å². The van der Waals surface area contributed by atoms with Crippen molar-refractivity contribution in [1.82, 2.24) is 25.5 Å². The Morgan fingerprint density at radius 3 is 2.59 bits per heavy atom. The second-order valence-corrected chi connectivity index (χ2v) is 6.61. The van der Waals surface area contributed by atoms with Crippen LogP contribution in [0, 0.1) is 0 Å². The third-order valence-electron chi connectivity index (χ3n) is 4.09. The molecule has 0 aliphatic heterocycles. The van der Waals surface area contributed by atoms with E-state index in [4.69, 9.17) is 21.4 Å². The summed E-state index contributed by atoms with van der Waals surface area (Å²) in [6.07, 6.45) is 0.447. The normalized spacial score (nSPS) is 11.7. The van der Waals surface area contributed by atoms with Gasteiger partial charge in [0.2, 0.25) is 0 Å². The molecule has 0 aliphatic carbocycles. The van der Waals surface area contributed by atoms with Crippen molar-refractivity contribution in [3.63, 3.8) is 0 Å². The molecule has 0 fully saturated rings. The van der Waals surface area contributed by atoms with Gasteiger partial charge in [0, 0.05) is 17.1 Å². The van der Waals surface area contributed by atoms with Crippen molar-refractivity contribution in [1.29, 1.82) is 0 Å². The number of ether oxygens (including phenoxy) is 1. The van der Waals surface area contributed by atoms with Gasteiger partial charge in [-0.15, -0.1) is 10.2 Å². The summed E-state index contributed by atoms with van der Waals surface area (Å²) >= 11 is 5.87. The van der Waals surface area contributed by atoms with Crippen LogP contribution in [-0.2, 0) is 13.0 Å². The third kappa shape index (κ3) is 5.90. The number of urea groups is 1. The maximum absolute atomic E-state index is 12.5. The summed E-state index contributed by atoms with van der Waals surface area (Å²) in [4.78, 5) is 13.8. The van der Waals surface area contributed by atoms with E-state index >= 15 is 0 Å². The Morgan fingerprint density at radius 1 is 1.21 bits per heavy atom. The van der Waals surface area contributed by atoms with Gasteiger partial charge in [-0.05, 0) is 47.2 Å². The second kappa shape index (κ2) is 9.85. The van der Waals surface area contributed by atoms with E-state index in [1.807, 2.05) is 24.3 Å².